The number of halogens is 3. The first-order valence-corrected chi connectivity index (χ1v) is 41.2. The van der Waals surface area contributed by atoms with Gasteiger partial charge in [-0.05, 0) is 217 Å². The molecule has 1 unspecified atom stereocenters. The van der Waals surface area contributed by atoms with E-state index in [0.29, 0.717) is 178 Å². The predicted molar refractivity (Wildman–Crippen MR) is 473 cm³/mol. The van der Waals surface area contributed by atoms with Crippen LogP contribution < -0.4 is 48.8 Å². The number of nitrogens with zero attached hydrogens (tertiary/aromatic N) is 5. The fourth-order valence-electron chi connectivity index (χ4n) is 11.0. The highest BCUT2D eigenvalue weighted by molar-refractivity contribution is 9.09. The van der Waals surface area contributed by atoms with E-state index < -0.39 is 23.8 Å². The number of carboxylic acid groups (broad SMARTS) is 1. The summed E-state index contributed by atoms with van der Waals surface area (Å²) in [6.07, 6.45) is 7.42. The van der Waals surface area contributed by atoms with E-state index in [2.05, 4.69) is 81.2 Å². The summed E-state index contributed by atoms with van der Waals surface area (Å²) in [4.78, 5) is 208. The molecule has 0 saturated carbocycles. The summed E-state index contributed by atoms with van der Waals surface area (Å²) in [5.74, 6) is -1.34. The predicted octanol–water partition coefficient (Wildman–Crippen LogP) is 10.4. The van der Waals surface area contributed by atoms with Crippen LogP contribution >= 0.6 is 39.9 Å². The van der Waals surface area contributed by atoms with E-state index in [0.717, 1.165) is 34.5 Å². The van der Waals surface area contributed by atoms with E-state index in [1.165, 1.54) is 25.7 Å². The number of ether oxygens (including phenoxy) is 5. The van der Waals surface area contributed by atoms with Crippen molar-refractivity contribution >= 4 is 139 Å². The van der Waals surface area contributed by atoms with Crippen molar-refractivity contribution in [2.75, 3.05) is 72.3 Å². The van der Waals surface area contributed by atoms with Gasteiger partial charge >= 0.3 is 35.8 Å². The molecule has 2 aromatic carbocycles. The van der Waals surface area contributed by atoms with Crippen LogP contribution in [0.25, 0.3) is 0 Å². The van der Waals surface area contributed by atoms with Crippen LogP contribution in [-0.4, -0.2) is 173 Å². The Morgan fingerprint density at radius 1 is 0.496 bits per heavy atom. The molecule has 6 aromatic rings. The number of amides is 3. The zero-order chi connectivity index (χ0) is 92.6. The van der Waals surface area contributed by atoms with E-state index in [-0.39, 0.29) is 138 Å². The maximum atomic E-state index is 12.6. The van der Waals surface area contributed by atoms with Crippen LogP contribution in [0, 0.1) is 66.7 Å². The highest BCUT2D eigenvalue weighted by atomic mass is 79.9. The standard InChI is InChI=1S/C18H20N4O3.C12H18N2O3.C12H20O5.C10H13ClN2O2.C10H14N2O3.C8H8N2O.C6H11BrO2.C6H10O3.C2H6N2.ClH/c1-11-13(18(25)20-12(2)19-11)6-5-9-17(24)22-10-16(23)21-14-7-3-4-8-15(14)22;1-4-17-11(15)7-5-6-10-8(2)13-9(3)14-12(10)16;1-4-16-11(14)8-6-7-10(9(3)13)12(15)17-5-2;1-6-8(4-3-5-9(11)14)10(15)13-7(2)12-6;1-6-8(4-3-5-9(13)14)10(15)12-7(2)11-6;11-8-5-9-6-3-1-2-4-7(6)10-8;1-2-9-6(8)4-3-5-7;1-3-9-6(8)4-5(2)7;1-2(3)4;/h3-4,7-8H,5-6,9-10H2,1-2H3,(H,21,23)(H,19,20,25);4-7H2,1-3H3,(H,13,14,16);10H,4-8H2,1-3H3;3-5H2,1-2H3,(H,12,13,15);3-5H2,1-2H3,(H,13,14)(H,11,12,15);1-4,9H,5H2,(H,10,11);2-5H2,1H3;3-4H2,1-2H3;1H3,(H3,3,4);1H. The summed E-state index contributed by atoms with van der Waals surface area (Å²) < 4.78 is 23.5. The third kappa shape index (κ3) is 50.5. The minimum absolute atomic E-state index is 0. The smallest absolute Gasteiger partial charge is 0.316 e. The topological polar surface area (TPSA) is 543 Å². The van der Waals surface area contributed by atoms with Gasteiger partial charge in [-0.1, -0.05) is 40.2 Å². The number of carboxylic acids is 1. The van der Waals surface area contributed by atoms with E-state index in [1.54, 1.807) is 82.2 Å². The number of nitrogens with two attached hydrogens (primary N) is 1. The molecule has 36 nitrogen and oxygen atoms in total. The van der Waals surface area contributed by atoms with Gasteiger partial charge in [0.15, 0.2) is 0 Å². The van der Waals surface area contributed by atoms with Crippen molar-refractivity contribution in [2.24, 2.45) is 11.7 Å². The molecule has 8 rings (SSSR count). The number of aryl methyl sites for hydroxylation is 8. The molecule has 6 heterocycles. The number of esters is 5. The summed E-state index contributed by atoms with van der Waals surface area (Å²) in [6.45, 7) is 29.2. The fourth-order valence-corrected chi connectivity index (χ4v) is 11.5. The number of anilines is 4. The fraction of sp³-hybridized carbons (Fsp3) is 0.512. The lowest BCUT2D eigenvalue weighted by Crippen LogP contribution is -2.42. The number of aromatic nitrogens is 8. The molecule has 1 atom stereocenters. The maximum Gasteiger partial charge on any atom is 0.316 e. The molecule has 0 radical (unpaired) electrons. The van der Waals surface area contributed by atoms with Gasteiger partial charge in [-0.3, -0.25) is 82.1 Å². The Hall–Kier alpha value is -11.5. The Labute approximate surface area is 735 Å². The number of amidine groups is 1. The van der Waals surface area contributed by atoms with Crippen LogP contribution in [0.3, 0.4) is 0 Å². The number of para-hydroxylation sites is 4. The van der Waals surface area contributed by atoms with Crippen molar-refractivity contribution < 1.29 is 86.3 Å². The number of benzene rings is 2. The monoisotopic (exact) mass is 1830 g/mol. The number of rotatable bonds is 32. The molecule has 680 valence electrons. The molecule has 11 N–H and O–H groups in total. The lowest BCUT2D eigenvalue weighted by Gasteiger charge is -2.29. The number of fused-ring (bicyclic) bond motifs is 2. The first kappa shape index (κ1) is 114. The SMILES string of the molecule is CC(=N)N.CCOC(=O)CC(C)=O.CCOC(=O)CCCBr.CCOC(=O)CCCC(C(C)=O)C(=O)OCC.CCOC(=O)CCCc1c(C)nc(C)[nH]c1=O.Cc1nc(C)c(CCCC(=O)Cl)c(=O)[nH]1.Cc1nc(C)c(CCCC(=O)N2CC(=O)Nc3ccccc32)c(=O)[nH]1.Cc1nc(C)c(CCCC(=O)O)c(=O)[nH]1.Cl.O=C1CNc2ccccc2N1. The third-order valence-corrected chi connectivity index (χ3v) is 17.1. The first-order valence-electron chi connectivity index (χ1n) is 39.7. The summed E-state index contributed by atoms with van der Waals surface area (Å²) >= 11 is 8.43. The molecule has 3 amide bonds. The van der Waals surface area contributed by atoms with E-state index in [1.807, 2.05) is 56.3 Å². The molecule has 0 bridgehead atoms. The van der Waals surface area contributed by atoms with Gasteiger partial charge in [0.25, 0.3) is 22.2 Å². The van der Waals surface area contributed by atoms with Gasteiger partial charge in [-0.15, -0.1) is 12.4 Å². The van der Waals surface area contributed by atoms with Crippen LogP contribution in [-0.2, 0) is 107 Å². The highest BCUT2D eigenvalue weighted by Crippen LogP contribution is 2.30. The van der Waals surface area contributed by atoms with Crippen molar-refractivity contribution in [2.45, 2.75) is 226 Å². The molecule has 123 heavy (non-hydrogen) atoms. The quantitative estimate of drug-likeness (QED) is 0.00357. The summed E-state index contributed by atoms with van der Waals surface area (Å²) in [5, 5.41) is 23.8. The van der Waals surface area contributed by atoms with Crippen LogP contribution in [0.15, 0.2) is 67.7 Å². The second-order valence-electron chi connectivity index (χ2n) is 26.9. The first-order chi connectivity index (χ1) is 57.6. The van der Waals surface area contributed by atoms with Gasteiger partial charge in [0, 0.05) is 88.9 Å². The Bertz CT molecular complexity index is 4600. The molecule has 0 aliphatic carbocycles. The van der Waals surface area contributed by atoms with Gasteiger partial charge in [-0.2, -0.15) is 0 Å². The van der Waals surface area contributed by atoms with Gasteiger partial charge in [0.1, 0.15) is 53.7 Å². The number of hydrogen-bond donors (Lipinski definition) is 10. The van der Waals surface area contributed by atoms with Gasteiger partial charge in [-0.25, -0.2) is 19.9 Å². The molecule has 0 fully saturated rings. The normalized spacial score (nSPS) is 11.1. The lowest BCUT2D eigenvalue weighted by atomic mass is 9.98. The van der Waals surface area contributed by atoms with Crippen molar-refractivity contribution in [3.05, 3.63) is 158 Å². The highest BCUT2D eigenvalue weighted by Gasteiger charge is 2.27. The number of ketones is 2. The minimum Gasteiger partial charge on any atom is -0.481 e. The van der Waals surface area contributed by atoms with Crippen molar-refractivity contribution in [3.8, 4) is 0 Å². The number of carbonyl (C=O) groups excluding carboxylic acids is 11. The largest absolute Gasteiger partial charge is 0.481 e. The maximum absolute atomic E-state index is 12.6. The number of nitrogens with one attached hydrogen (secondary N) is 8. The van der Waals surface area contributed by atoms with E-state index >= 15 is 0 Å². The zero-order valence-electron chi connectivity index (χ0n) is 73.1. The average Bonchev–Trinajstić information content (AvgIpc) is 0.804. The van der Waals surface area contributed by atoms with E-state index in [9.17, 15) is 76.7 Å². The number of aliphatic carboxylic acids is 1. The molecular weight excluding hydrogens is 1710 g/mol. The third-order valence-electron chi connectivity index (χ3n) is 16.4. The second-order valence-corrected chi connectivity index (χ2v) is 28.1. The number of hydrogen-bond acceptors (Lipinski definition) is 27. The number of Topliss-reactive ketones (excluding diaryl/α,β-unsaturated/α-hetero) is 2. The average molecular weight is 1830 g/mol. The molecule has 4 aromatic heterocycles. The molecule has 39 heteroatoms. The molecule has 0 saturated heterocycles. The van der Waals surface area contributed by atoms with Gasteiger partial charge in [0.05, 0.1) is 68.2 Å². The Kier molecular flexibility index (Phi) is 59.4. The van der Waals surface area contributed by atoms with Crippen LogP contribution in [0.1, 0.15) is 214 Å². The molecule has 2 aliphatic rings. The number of carbonyl (C=O) groups is 12. The van der Waals surface area contributed by atoms with Crippen LogP contribution in [0.4, 0.5) is 22.7 Å². The Balaban J connectivity index is 0. The number of H-pyrrole nitrogens is 4. The summed E-state index contributed by atoms with van der Waals surface area (Å²) in [7, 11) is 0. The zero-order valence-corrected chi connectivity index (χ0v) is 76.2. The van der Waals surface area contributed by atoms with Crippen LogP contribution in [0.2, 0.25) is 0 Å². The summed E-state index contributed by atoms with van der Waals surface area (Å²) in [6, 6.07) is 14.9. The van der Waals surface area contributed by atoms with Crippen molar-refractivity contribution in [1.29, 1.82) is 5.41 Å². The van der Waals surface area contributed by atoms with Crippen LogP contribution in [0.5, 0.6) is 0 Å². The van der Waals surface area contributed by atoms with Gasteiger partial charge in [0.2, 0.25) is 23.0 Å². The van der Waals surface area contributed by atoms with E-state index in [4.69, 9.17) is 42.1 Å². The number of aromatic amines is 4. The van der Waals surface area contributed by atoms with Gasteiger partial charge < -0.3 is 75.3 Å². The molecule has 2 aliphatic heterocycles. The summed E-state index contributed by atoms with van der Waals surface area (Å²) in [5.41, 5.74) is 12.7. The minimum atomic E-state index is -0.843. The van der Waals surface area contributed by atoms with Crippen molar-refractivity contribution in [3.63, 3.8) is 0 Å². The number of alkyl halides is 1. The lowest BCUT2D eigenvalue weighted by molar-refractivity contribution is -0.152. The second kappa shape index (κ2) is 64.4. The molecule has 0 spiro atoms. The Morgan fingerprint density at radius 3 is 1.22 bits per heavy atom. The molecular formula is C84H121BrCl2N14O22. The Morgan fingerprint density at radius 2 is 0.846 bits per heavy atom. The van der Waals surface area contributed by atoms with Crippen molar-refractivity contribution in [1.82, 2.24) is 39.9 Å².